The maximum atomic E-state index is 4.77. The van der Waals surface area contributed by atoms with Gasteiger partial charge in [0.05, 0.1) is 0 Å². The van der Waals surface area contributed by atoms with Crippen LogP contribution in [0.25, 0.3) is 10.9 Å². The number of aryl methyl sites for hydroxylation is 1. The molecule has 1 aromatic heterocycles. The topological polar surface area (TPSA) is 26.0 Å². The average molecular weight is 163 g/mol. The summed E-state index contributed by atoms with van der Waals surface area (Å²) in [6.07, 6.45) is 1.66. The van der Waals surface area contributed by atoms with Gasteiger partial charge in [-0.25, -0.2) is 0 Å². The second kappa shape index (κ2) is 3.90. The first-order valence-corrected chi connectivity index (χ1v) is 4.17. The number of hydrogen-bond donors (Lipinski definition) is 0. The summed E-state index contributed by atoms with van der Waals surface area (Å²) in [6, 6.07) is 6.02. The minimum Gasteiger partial charge on any atom is -0.364 e. The van der Waals surface area contributed by atoms with E-state index < -0.39 is 0 Å². The number of fused-ring (bicyclic) bond motifs is 1. The fourth-order valence-corrected chi connectivity index (χ4v) is 0.991. The molecule has 1 aromatic carbocycles. The molecule has 0 bridgehead atoms. The Morgan fingerprint density at radius 1 is 1.25 bits per heavy atom. The van der Waals surface area contributed by atoms with Crippen LogP contribution in [-0.2, 0) is 0 Å². The lowest BCUT2D eigenvalue weighted by Crippen LogP contribution is -1.69. The first kappa shape index (κ1) is 8.78. The van der Waals surface area contributed by atoms with Crippen molar-refractivity contribution in [2.45, 2.75) is 20.8 Å². The first-order chi connectivity index (χ1) is 5.86. The Labute approximate surface area is 72.2 Å². The fourth-order valence-electron chi connectivity index (χ4n) is 0.991. The molecule has 0 aliphatic rings. The molecule has 12 heavy (non-hydrogen) atoms. The van der Waals surface area contributed by atoms with Crippen molar-refractivity contribution in [3.8, 4) is 0 Å². The van der Waals surface area contributed by atoms with E-state index in [9.17, 15) is 0 Å². The standard InChI is InChI=1S/C8H7NO.C2H6/c1-6-2-3-8-7(4-6)5-10-9-8;1-2/h2-5H,1H3;1-2H3. The second-order valence-electron chi connectivity index (χ2n) is 2.38. The van der Waals surface area contributed by atoms with Gasteiger partial charge in [-0.05, 0) is 19.1 Å². The molecule has 1 heterocycles. The van der Waals surface area contributed by atoms with Crippen molar-refractivity contribution in [1.29, 1.82) is 0 Å². The van der Waals surface area contributed by atoms with E-state index in [0.717, 1.165) is 10.9 Å². The molecule has 0 atom stereocenters. The molecule has 2 aromatic rings. The Morgan fingerprint density at radius 2 is 2.00 bits per heavy atom. The van der Waals surface area contributed by atoms with E-state index in [0.29, 0.717) is 0 Å². The predicted molar refractivity (Wildman–Crippen MR) is 50.1 cm³/mol. The molecule has 2 rings (SSSR count). The summed E-state index contributed by atoms with van der Waals surface area (Å²) in [4.78, 5) is 0. The molecule has 0 saturated carbocycles. The monoisotopic (exact) mass is 163 g/mol. The third kappa shape index (κ3) is 1.64. The summed E-state index contributed by atoms with van der Waals surface area (Å²) in [5.41, 5.74) is 2.15. The highest BCUT2D eigenvalue weighted by atomic mass is 16.5. The number of benzene rings is 1. The van der Waals surface area contributed by atoms with Crippen LogP contribution in [-0.4, -0.2) is 5.16 Å². The molecule has 0 aliphatic heterocycles. The Balaban J connectivity index is 0.000000336. The lowest BCUT2D eigenvalue weighted by molar-refractivity contribution is 0.428. The van der Waals surface area contributed by atoms with E-state index in [2.05, 4.69) is 5.16 Å². The van der Waals surface area contributed by atoms with Crippen LogP contribution in [0, 0.1) is 6.92 Å². The Morgan fingerprint density at radius 3 is 2.75 bits per heavy atom. The molecule has 0 unspecified atom stereocenters. The van der Waals surface area contributed by atoms with Crippen molar-refractivity contribution < 1.29 is 4.52 Å². The molecule has 0 radical (unpaired) electrons. The van der Waals surface area contributed by atoms with Gasteiger partial charge in [0.1, 0.15) is 11.8 Å². The fraction of sp³-hybridized carbons (Fsp3) is 0.300. The molecule has 0 aliphatic carbocycles. The molecular formula is C10H13NO. The minimum atomic E-state index is 0.922. The van der Waals surface area contributed by atoms with Crippen LogP contribution in [0.15, 0.2) is 29.0 Å². The SMILES string of the molecule is CC.Cc1ccc2nocc2c1. The van der Waals surface area contributed by atoms with E-state index >= 15 is 0 Å². The van der Waals surface area contributed by atoms with Crippen molar-refractivity contribution in [3.63, 3.8) is 0 Å². The maximum absolute atomic E-state index is 4.77. The third-order valence-corrected chi connectivity index (χ3v) is 1.51. The van der Waals surface area contributed by atoms with Crippen molar-refractivity contribution in [1.82, 2.24) is 5.16 Å². The van der Waals surface area contributed by atoms with Crippen LogP contribution in [0.2, 0.25) is 0 Å². The molecule has 2 heteroatoms. The Bertz CT molecular complexity index is 351. The van der Waals surface area contributed by atoms with E-state index in [1.807, 2.05) is 39.0 Å². The van der Waals surface area contributed by atoms with Gasteiger partial charge in [0.15, 0.2) is 0 Å². The zero-order chi connectivity index (χ0) is 8.97. The largest absolute Gasteiger partial charge is 0.364 e. The molecule has 64 valence electrons. The van der Waals surface area contributed by atoms with Gasteiger partial charge >= 0.3 is 0 Å². The lowest BCUT2D eigenvalue weighted by atomic mass is 10.2. The van der Waals surface area contributed by atoms with Crippen LogP contribution < -0.4 is 0 Å². The summed E-state index contributed by atoms with van der Waals surface area (Å²) in [7, 11) is 0. The number of hydrogen-bond acceptors (Lipinski definition) is 2. The van der Waals surface area contributed by atoms with Crippen LogP contribution in [0.1, 0.15) is 19.4 Å². The van der Waals surface area contributed by atoms with Crippen molar-refractivity contribution in [3.05, 3.63) is 30.0 Å². The van der Waals surface area contributed by atoms with Crippen molar-refractivity contribution in [2.24, 2.45) is 0 Å². The summed E-state index contributed by atoms with van der Waals surface area (Å²) in [5.74, 6) is 0. The van der Waals surface area contributed by atoms with Crippen LogP contribution in [0.3, 0.4) is 0 Å². The maximum Gasteiger partial charge on any atom is 0.131 e. The summed E-state index contributed by atoms with van der Waals surface area (Å²) in [5, 5.41) is 4.85. The van der Waals surface area contributed by atoms with Gasteiger partial charge in [0, 0.05) is 5.39 Å². The molecule has 2 nitrogen and oxygen atoms in total. The van der Waals surface area contributed by atoms with Gasteiger partial charge in [-0.3, -0.25) is 0 Å². The van der Waals surface area contributed by atoms with Crippen molar-refractivity contribution >= 4 is 10.9 Å². The highest BCUT2D eigenvalue weighted by Crippen LogP contribution is 2.12. The van der Waals surface area contributed by atoms with Gasteiger partial charge in [0.2, 0.25) is 0 Å². The van der Waals surface area contributed by atoms with E-state index in [1.54, 1.807) is 6.26 Å². The molecular weight excluding hydrogens is 150 g/mol. The summed E-state index contributed by atoms with van der Waals surface area (Å²) >= 11 is 0. The number of aromatic nitrogens is 1. The quantitative estimate of drug-likeness (QED) is 0.596. The third-order valence-electron chi connectivity index (χ3n) is 1.51. The first-order valence-electron chi connectivity index (χ1n) is 4.17. The second-order valence-corrected chi connectivity index (χ2v) is 2.38. The summed E-state index contributed by atoms with van der Waals surface area (Å²) in [6.45, 7) is 6.05. The van der Waals surface area contributed by atoms with E-state index in [4.69, 9.17) is 4.52 Å². The normalized spacial score (nSPS) is 9.25. The van der Waals surface area contributed by atoms with Crippen LogP contribution in [0.5, 0.6) is 0 Å². The average Bonchev–Trinajstić information content (AvgIpc) is 2.54. The molecule has 0 amide bonds. The highest BCUT2D eigenvalue weighted by Gasteiger charge is 1.94. The van der Waals surface area contributed by atoms with Gasteiger partial charge in [-0.15, -0.1) is 0 Å². The molecule has 0 saturated heterocycles. The number of nitrogens with zero attached hydrogens (tertiary/aromatic N) is 1. The van der Waals surface area contributed by atoms with Gasteiger partial charge in [0.25, 0.3) is 0 Å². The highest BCUT2D eigenvalue weighted by molar-refractivity contribution is 5.77. The van der Waals surface area contributed by atoms with E-state index in [1.165, 1.54) is 5.56 Å². The van der Waals surface area contributed by atoms with Gasteiger partial charge in [-0.2, -0.15) is 0 Å². The Hall–Kier alpha value is -1.31. The van der Waals surface area contributed by atoms with Crippen LogP contribution >= 0.6 is 0 Å². The van der Waals surface area contributed by atoms with Gasteiger partial charge in [-0.1, -0.05) is 30.6 Å². The summed E-state index contributed by atoms with van der Waals surface area (Å²) < 4.78 is 4.77. The molecule has 0 N–H and O–H groups in total. The molecule has 0 fully saturated rings. The van der Waals surface area contributed by atoms with Crippen LogP contribution in [0.4, 0.5) is 0 Å². The number of rotatable bonds is 0. The van der Waals surface area contributed by atoms with Gasteiger partial charge < -0.3 is 4.52 Å². The predicted octanol–water partition coefficient (Wildman–Crippen LogP) is 3.16. The minimum absolute atomic E-state index is 0.922. The zero-order valence-corrected chi connectivity index (χ0v) is 7.66. The zero-order valence-electron chi connectivity index (χ0n) is 7.66. The van der Waals surface area contributed by atoms with Crippen molar-refractivity contribution in [2.75, 3.05) is 0 Å². The lowest BCUT2D eigenvalue weighted by Gasteiger charge is -1.87. The molecule has 0 spiro atoms. The Kier molecular flexibility index (Phi) is 2.86. The van der Waals surface area contributed by atoms with E-state index in [-0.39, 0.29) is 0 Å². The smallest absolute Gasteiger partial charge is 0.131 e.